The van der Waals surface area contributed by atoms with Crippen LogP contribution in [0.4, 0.5) is 18.9 Å². The molecule has 0 aliphatic carbocycles. The van der Waals surface area contributed by atoms with E-state index in [2.05, 4.69) is 29.9 Å². The summed E-state index contributed by atoms with van der Waals surface area (Å²) in [5, 5.41) is 25.9. The number of amides is 1. The van der Waals surface area contributed by atoms with Gasteiger partial charge in [-0.2, -0.15) is 18.4 Å². The lowest BCUT2D eigenvalue weighted by Crippen LogP contribution is -2.29. The molecule has 0 aliphatic rings. The van der Waals surface area contributed by atoms with Gasteiger partial charge in [0.2, 0.25) is 5.75 Å². The summed E-state index contributed by atoms with van der Waals surface area (Å²) < 4.78 is 45.0. The highest BCUT2D eigenvalue weighted by atomic mass is 19.4. The molecule has 194 valence electrons. The topological polar surface area (TPSA) is 160 Å². The Balaban J connectivity index is 1.86. The summed E-state index contributed by atoms with van der Waals surface area (Å²) >= 11 is 0. The number of halogens is 3. The highest BCUT2D eigenvalue weighted by molar-refractivity contribution is 6.04. The lowest BCUT2D eigenvalue weighted by molar-refractivity contribution is -0.141. The van der Waals surface area contributed by atoms with Crippen molar-refractivity contribution < 1.29 is 27.6 Å². The van der Waals surface area contributed by atoms with Crippen LogP contribution in [0.5, 0.6) is 5.75 Å². The van der Waals surface area contributed by atoms with E-state index in [1.807, 2.05) is 6.07 Å². The smallest absolute Gasteiger partial charge is 0.434 e. The summed E-state index contributed by atoms with van der Waals surface area (Å²) in [7, 11) is 1.31. The molecule has 2 N–H and O–H groups in total. The van der Waals surface area contributed by atoms with Gasteiger partial charge in [-0.05, 0) is 11.6 Å². The molecule has 4 rings (SSSR count). The summed E-state index contributed by atoms with van der Waals surface area (Å²) in [5.41, 5.74) is -1.94. The first-order valence-electron chi connectivity index (χ1n) is 10.9. The average Bonchev–Trinajstić information content (AvgIpc) is 3.40. The van der Waals surface area contributed by atoms with Crippen LogP contribution < -0.4 is 10.9 Å². The fourth-order valence-corrected chi connectivity index (χ4v) is 3.98. The van der Waals surface area contributed by atoms with Gasteiger partial charge in [0.1, 0.15) is 17.8 Å². The van der Waals surface area contributed by atoms with E-state index in [-0.39, 0.29) is 22.8 Å². The molecule has 0 spiro atoms. The summed E-state index contributed by atoms with van der Waals surface area (Å²) in [5.74, 6) is -3.63. The van der Waals surface area contributed by atoms with Gasteiger partial charge in [-0.3, -0.25) is 19.1 Å². The Labute approximate surface area is 212 Å². The molecule has 0 bridgehead atoms. The largest absolute Gasteiger partial charge is 0.501 e. The van der Waals surface area contributed by atoms with Crippen LogP contribution in [0.2, 0.25) is 0 Å². The number of hydrogen-bond donors (Lipinski definition) is 2. The van der Waals surface area contributed by atoms with Crippen LogP contribution >= 0.6 is 0 Å². The second kappa shape index (κ2) is 10.1. The number of rotatable bonds is 6. The second-order valence-electron chi connectivity index (χ2n) is 8.19. The van der Waals surface area contributed by atoms with Crippen LogP contribution in [0.25, 0.3) is 0 Å². The van der Waals surface area contributed by atoms with Crippen molar-refractivity contribution in [1.82, 2.24) is 24.7 Å². The normalized spacial score (nSPS) is 12.9. The number of aromatic nitrogens is 5. The molecule has 3 heterocycles. The first-order valence-corrected chi connectivity index (χ1v) is 10.9. The monoisotopic (exact) mass is 525 g/mol. The Morgan fingerprint density at radius 1 is 1.21 bits per heavy atom. The van der Waals surface area contributed by atoms with E-state index in [1.165, 1.54) is 19.3 Å². The van der Waals surface area contributed by atoms with Crippen molar-refractivity contribution in [2.75, 3.05) is 5.32 Å². The maximum absolute atomic E-state index is 13.1. The van der Waals surface area contributed by atoms with Crippen LogP contribution in [-0.2, 0) is 13.2 Å². The minimum absolute atomic E-state index is 0.0114. The van der Waals surface area contributed by atoms with E-state index < -0.39 is 46.6 Å². The Bertz CT molecular complexity index is 1580. The molecule has 38 heavy (non-hydrogen) atoms. The Hall–Kier alpha value is -5.06. The SMILES string of the molecule is C[C@H](c1nc(C(=O)Nc2cnoc2)c(O)c(=O)n1C)[C@@H](c1cnc(C(F)(F)F)cn1)c1ccccc1C#N. The van der Waals surface area contributed by atoms with Gasteiger partial charge in [0.15, 0.2) is 11.4 Å². The number of nitriles is 1. The molecule has 0 saturated carbocycles. The highest BCUT2D eigenvalue weighted by Crippen LogP contribution is 2.38. The van der Waals surface area contributed by atoms with Gasteiger partial charge in [-0.25, -0.2) is 9.97 Å². The average molecular weight is 525 g/mol. The predicted molar refractivity (Wildman–Crippen MR) is 124 cm³/mol. The van der Waals surface area contributed by atoms with E-state index >= 15 is 0 Å². The molecular weight excluding hydrogens is 507 g/mol. The number of nitrogens with zero attached hydrogens (tertiary/aromatic N) is 6. The molecule has 11 nitrogen and oxygen atoms in total. The number of carbonyl (C=O) groups is 1. The first kappa shape index (κ1) is 26.0. The third-order valence-corrected chi connectivity index (χ3v) is 5.81. The zero-order chi connectivity index (χ0) is 27.6. The molecule has 4 aromatic rings. The molecule has 0 saturated heterocycles. The third kappa shape index (κ3) is 4.94. The number of anilines is 1. The molecule has 14 heteroatoms. The van der Waals surface area contributed by atoms with Gasteiger partial charge < -0.3 is 14.9 Å². The van der Waals surface area contributed by atoms with E-state index in [4.69, 9.17) is 0 Å². The van der Waals surface area contributed by atoms with Crippen molar-refractivity contribution in [3.05, 3.63) is 93.5 Å². The van der Waals surface area contributed by atoms with Gasteiger partial charge in [0.05, 0.1) is 29.7 Å². The van der Waals surface area contributed by atoms with Gasteiger partial charge in [-0.15, -0.1) is 0 Å². The first-order chi connectivity index (χ1) is 18.0. The lowest BCUT2D eigenvalue weighted by atomic mass is 9.82. The van der Waals surface area contributed by atoms with Crippen LogP contribution in [0.1, 0.15) is 57.6 Å². The van der Waals surface area contributed by atoms with Gasteiger partial charge in [-0.1, -0.05) is 30.3 Å². The fraction of sp³-hybridized carbons (Fsp3) is 0.208. The minimum atomic E-state index is -4.72. The maximum atomic E-state index is 13.1. The Kier molecular flexibility index (Phi) is 6.94. The van der Waals surface area contributed by atoms with Crippen molar-refractivity contribution in [3.63, 3.8) is 0 Å². The number of carbonyl (C=O) groups excluding carboxylic acids is 1. The van der Waals surface area contributed by atoms with Crippen LogP contribution in [-0.4, -0.2) is 35.7 Å². The van der Waals surface area contributed by atoms with Crippen molar-refractivity contribution in [2.45, 2.75) is 24.9 Å². The number of alkyl halides is 3. The standard InChI is InChI=1S/C24H18F3N7O4/c1-12(21-33-19(20(35)23(37)34(21)2)22(36)32-14-8-31-38-11-14)18(15-6-4-3-5-13(15)7-28)16-9-30-17(10-29-16)24(25,26)27/h3-6,8-12,18,35H,1-2H3,(H,32,36)/t12-,18+/m0/s1. The molecule has 0 aliphatic heterocycles. The van der Waals surface area contributed by atoms with E-state index in [9.17, 15) is 33.1 Å². The van der Waals surface area contributed by atoms with Crippen LogP contribution in [0.3, 0.4) is 0 Å². The molecule has 1 amide bonds. The van der Waals surface area contributed by atoms with Crippen molar-refractivity contribution >= 4 is 11.6 Å². The van der Waals surface area contributed by atoms with Gasteiger partial charge in [0, 0.05) is 25.1 Å². The minimum Gasteiger partial charge on any atom is -0.501 e. The van der Waals surface area contributed by atoms with E-state index in [1.54, 1.807) is 25.1 Å². The van der Waals surface area contributed by atoms with Gasteiger partial charge in [0.25, 0.3) is 11.5 Å². The second-order valence-corrected chi connectivity index (χ2v) is 8.19. The van der Waals surface area contributed by atoms with E-state index in [0.717, 1.165) is 17.0 Å². The van der Waals surface area contributed by atoms with Crippen molar-refractivity contribution in [3.8, 4) is 11.8 Å². The summed E-state index contributed by atoms with van der Waals surface area (Å²) in [6.45, 7) is 1.60. The number of nitrogens with one attached hydrogen (secondary N) is 1. The van der Waals surface area contributed by atoms with Crippen molar-refractivity contribution in [1.29, 1.82) is 5.26 Å². The molecule has 0 unspecified atom stereocenters. The number of aromatic hydroxyl groups is 1. The molecule has 0 fully saturated rings. The quantitative estimate of drug-likeness (QED) is 0.385. The van der Waals surface area contributed by atoms with Crippen LogP contribution in [0, 0.1) is 11.3 Å². The molecule has 3 aromatic heterocycles. The van der Waals surface area contributed by atoms with Crippen LogP contribution in [0.15, 0.2) is 58.4 Å². The fourth-order valence-electron chi connectivity index (χ4n) is 3.98. The Morgan fingerprint density at radius 3 is 2.55 bits per heavy atom. The molecule has 1 aromatic carbocycles. The Morgan fingerprint density at radius 2 is 1.95 bits per heavy atom. The van der Waals surface area contributed by atoms with Gasteiger partial charge >= 0.3 is 6.18 Å². The van der Waals surface area contributed by atoms with E-state index in [0.29, 0.717) is 11.8 Å². The summed E-state index contributed by atoms with van der Waals surface area (Å²) in [4.78, 5) is 37.3. The zero-order valence-electron chi connectivity index (χ0n) is 19.8. The lowest BCUT2D eigenvalue weighted by Gasteiger charge is -2.26. The highest BCUT2D eigenvalue weighted by Gasteiger charge is 2.35. The zero-order valence-corrected chi connectivity index (χ0v) is 19.8. The summed E-state index contributed by atoms with van der Waals surface area (Å²) in [6, 6.07) is 8.41. The molecule has 0 radical (unpaired) electrons. The number of benzene rings is 1. The third-order valence-electron chi connectivity index (χ3n) is 5.81. The summed E-state index contributed by atoms with van der Waals surface area (Å²) in [6.07, 6.45) is -0.886. The maximum Gasteiger partial charge on any atom is 0.434 e. The van der Waals surface area contributed by atoms with Crippen molar-refractivity contribution in [2.24, 2.45) is 7.05 Å². The number of hydrogen-bond acceptors (Lipinski definition) is 9. The molecular formula is C24H18F3N7O4. The molecule has 2 atom stereocenters. The predicted octanol–water partition coefficient (Wildman–Crippen LogP) is 3.34.